The van der Waals surface area contributed by atoms with Gasteiger partial charge in [-0.3, -0.25) is 9.59 Å². The van der Waals surface area contributed by atoms with Crippen LogP contribution < -0.4 is 15.5 Å². The molecule has 0 aliphatic rings. The topological polar surface area (TPSA) is 79.8 Å². The Balaban J connectivity index is 1.51. The molecule has 0 spiro atoms. The third kappa shape index (κ3) is 7.08. The number of nitrogens with zero attached hydrogens (tertiary/aromatic N) is 1. The van der Waals surface area contributed by atoms with Crippen LogP contribution in [0.2, 0.25) is 0 Å². The molecule has 158 valence electrons. The summed E-state index contributed by atoms with van der Waals surface area (Å²) in [5.74, 6) is -0.0439. The fourth-order valence-electron chi connectivity index (χ4n) is 2.80. The molecule has 0 unspecified atom stereocenters. The zero-order valence-corrected chi connectivity index (χ0v) is 18.6. The minimum Gasteiger partial charge on any atom is -0.484 e. The Morgan fingerprint density at radius 2 is 1.58 bits per heavy atom. The van der Waals surface area contributed by atoms with E-state index in [9.17, 15) is 9.59 Å². The summed E-state index contributed by atoms with van der Waals surface area (Å²) in [6.45, 7) is 1.51. The quantitative estimate of drug-likeness (QED) is 0.351. The maximum atomic E-state index is 12.5. The molecule has 0 fully saturated rings. The zero-order chi connectivity index (χ0) is 22.1. The summed E-state index contributed by atoms with van der Waals surface area (Å²) in [6, 6.07) is 24.6. The number of rotatable bonds is 8. The first-order valence-electron chi connectivity index (χ1n) is 9.66. The second kappa shape index (κ2) is 11.1. The van der Waals surface area contributed by atoms with Crippen molar-refractivity contribution in [3.05, 3.63) is 83.3 Å². The Kier molecular flexibility index (Phi) is 7.95. The van der Waals surface area contributed by atoms with Crippen molar-refractivity contribution in [1.82, 2.24) is 5.43 Å². The normalized spacial score (nSPS) is 11.0. The number of carbonyl (C=O) groups excluding carboxylic acids is 2. The summed E-state index contributed by atoms with van der Waals surface area (Å²) in [6.07, 6.45) is 0.0526. The van der Waals surface area contributed by atoms with Crippen molar-refractivity contribution in [3.63, 3.8) is 0 Å². The molecule has 0 heterocycles. The van der Waals surface area contributed by atoms with Gasteiger partial charge >= 0.3 is 0 Å². The van der Waals surface area contributed by atoms with E-state index in [-0.39, 0.29) is 18.9 Å². The Morgan fingerprint density at radius 3 is 2.32 bits per heavy atom. The van der Waals surface area contributed by atoms with Gasteiger partial charge in [0.15, 0.2) is 6.61 Å². The van der Waals surface area contributed by atoms with E-state index in [2.05, 4.69) is 31.8 Å². The fourth-order valence-corrected chi connectivity index (χ4v) is 3.06. The van der Waals surface area contributed by atoms with Crippen LogP contribution >= 0.6 is 15.9 Å². The second-order valence-corrected chi connectivity index (χ2v) is 7.68. The van der Waals surface area contributed by atoms with E-state index in [4.69, 9.17) is 4.74 Å². The lowest BCUT2D eigenvalue weighted by Gasteiger charge is -2.11. The molecule has 0 aliphatic carbocycles. The van der Waals surface area contributed by atoms with Crippen molar-refractivity contribution in [3.8, 4) is 16.9 Å². The lowest BCUT2D eigenvalue weighted by Crippen LogP contribution is -2.26. The van der Waals surface area contributed by atoms with Gasteiger partial charge in [0, 0.05) is 21.4 Å². The number of ether oxygens (including phenoxy) is 1. The van der Waals surface area contributed by atoms with Crippen molar-refractivity contribution < 1.29 is 14.3 Å². The van der Waals surface area contributed by atoms with E-state index in [1.165, 1.54) is 0 Å². The van der Waals surface area contributed by atoms with Crippen LogP contribution in [0, 0.1) is 0 Å². The predicted molar refractivity (Wildman–Crippen MR) is 126 cm³/mol. The third-order valence-corrected chi connectivity index (χ3v) is 4.79. The van der Waals surface area contributed by atoms with Crippen molar-refractivity contribution in [1.29, 1.82) is 0 Å². The maximum absolute atomic E-state index is 12.5. The average molecular weight is 480 g/mol. The summed E-state index contributed by atoms with van der Waals surface area (Å²) in [4.78, 5) is 24.4. The van der Waals surface area contributed by atoms with Crippen molar-refractivity contribution in [2.45, 2.75) is 13.3 Å². The summed E-state index contributed by atoms with van der Waals surface area (Å²) in [7, 11) is 0. The first-order valence-corrected chi connectivity index (χ1v) is 10.5. The number of nitrogens with one attached hydrogen (secondary N) is 2. The van der Waals surface area contributed by atoms with Gasteiger partial charge in [0.25, 0.3) is 5.91 Å². The first-order chi connectivity index (χ1) is 15.0. The number of carbonyl (C=O) groups is 2. The molecule has 0 bridgehead atoms. The minimum absolute atomic E-state index is 0.0526. The van der Waals surface area contributed by atoms with Crippen LogP contribution in [-0.4, -0.2) is 24.1 Å². The lowest BCUT2D eigenvalue weighted by atomic mass is 10.0. The van der Waals surface area contributed by atoms with E-state index >= 15 is 0 Å². The molecule has 3 rings (SSSR count). The number of halogens is 1. The van der Waals surface area contributed by atoms with Gasteiger partial charge in [0.1, 0.15) is 5.75 Å². The van der Waals surface area contributed by atoms with Gasteiger partial charge < -0.3 is 10.1 Å². The van der Waals surface area contributed by atoms with E-state index in [1.807, 2.05) is 66.7 Å². The number of amides is 2. The number of hydrazone groups is 1. The summed E-state index contributed by atoms with van der Waals surface area (Å²) < 4.78 is 6.31. The highest BCUT2D eigenvalue weighted by molar-refractivity contribution is 9.10. The van der Waals surface area contributed by atoms with Gasteiger partial charge in [-0.15, -0.1) is 0 Å². The molecule has 0 radical (unpaired) electrons. The molecule has 0 saturated heterocycles. The Morgan fingerprint density at radius 1 is 0.903 bits per heavy atom. The molecule has 31 heavy (non-hydrogen) atoms. The Hall–Kier alpha value is -3.45. The molecule has 2 amide bonds. The molecule has 0 saturated carbocycles. The molecule has 2 N–H and O–H groups in total. The summed E-state index contributed by atoms with van der Waals surface area (Å²) in [5.41, 5.74) is 5.55. The summed E-state index contributed by atoms with van der Waals surface area (Å²) in [5, 5.41) is 6.90. The lowest BCUT2D eigenvalue weighted by molar-refractivity contribution is -0.123. The molecule has 3 aromatic carbocycles. The van der Waals surface area contributed by atoms with Gasteiger partial charge in [-0.25, -0.2) is 5.43 Å². The highest BCUT2D eigenvalue weighted by Crippen LogP contribution is 2.27. The van der Waals surface area contributed by atoms with Gasteiger partial charge in [0.2, 0.25) is 5.91 Å². The van der Waals surface area contributed by atoms with Crippen LogP contribution in [0.1, 0.15) is 13.3 Å². The van der Waals surface area contributed by atoms with Gasteiger partial charge in [-0.2, -0.15) is 5.10 Å². The predicted octanol–water partition coefficient (Wildman–Crippen LogP) is 5.02. The standard InChI is InChI=1S/C24H22BrN3O3/c1-17(27-28-24(30)16-31-20-13-11-19(25)12-14-20)15-23(29)26-22-10-6-5-9-21(22)18-7-3-2-4-8-18/h2-14H,15-16H2,1H3,(H,26,29)(H,28,30)/b27-17+. The van der Waals surface area contributed by atoms with E-state index in [0.717, 1.165) is 21.3 Å². The number of hydrogen-bond acceptors (Lipinski definition) is 4. The van der Waals surface area contributed by atoms with E-state index in [0.29, 0.717) is 11.5 Å². The van der Waals surface area contributed by atoms with Crippen LogP contribution in [0.4, 0.5) is 5.69 Å². The molecule has 6 nitrogen and oxygen atoms in total. The van der Waals surface area contributed by atoms with Crippen molar-refractivity contribution in [2.75, 3.05) is 11.9 Å². The first kappa shape index (κ1) is 22.2. The van der Waals surface area contributed by atoms with Crippen LogP contribution in [0.15, 0.2) is 88.4 Å². The largest absolute Gasteiger partial charge is 0.484 e. The van der Waals surface area contributed by atoms with Crippen LogP contribution in [0.3, 0.4) is 0 Å². The van der Waals surface area contributed by atoms with E-state index < -0.39 is 5.91 Å². The smallest absolute Gasteiger partial charge is 0.277 e. The van der Waals surface area contributed by atoms with Gasteiger partial charge in [0.05, 0.1) is 6.42 Å². The maximum Gasteiger partial charge on any atom is 0.277 e. The number of hydrogen-bond donors (Lipinski definition) is 2. The van der Waals surface area contributed by atoms with Crippen molar-refractivity contribution >= 4 is 39.1 Å². The molecule has 0 aromatic heterocycles. The highest BCUT2D eigenvalue weighted by Gasteiger charge is 2.10. The number of para-hydroxylation sites is 1. The number of anilines is 1. The molecule has 0 aliphatic heterocycles. The fraction of sp³-hybridized carbons (Fsp3) is 0.125. The van der Waals surface area contributed by atoms with E-state index in [1.54, 1.807) is 19.1 Å². The SMILES string of the molecule is C/C(CC(=O)Nc1ccccc1-c1ccccc1)=N\NC(=O)COc1ccc(Br)cc1. The summed E-state index contributed by atoms with van der Waals surface area (Å²) >= 11 is 3.34. The van der Waals surface area contributed by atoms with Gasteiger partial charge in [-0.1, -0.05) is 64.5 Å². The van der Waals surface area contributed by atoms with Crippen molar-refractivity contribution in [2.24, 2.45) is 5.10 Å². The van der Waals surface area contributed by atoms with Crippen LogP contribution in [0.25, 0.3) is 11.1 Å². The molecule has 3 aromatic rings. The molecular weight excluding hydrogens is 458 g/mol. The van der Waals surface area contributed by atoms with Crippen LogP contribution in [-0.2, 0) is 9.59 Å². The van der Waals surface area contributed by atoms with Crippen LogP contribution in [0.5, 0.6) is 5.75 Å². The Bertz CT molecular complexity index is 1070. The third-order valence-electron chi connectivity index (χ3n) is 4.26. The zero-order valence-electron chi connectivity index (χ0n) is 17.0. The molecular formula is C24H22BrN3O3. The minimum atomic E-state index is -0.405. The average Bonchev–Trinajstić information content (AvgIpc) is 2.78. The highest BCUT2D eigenvalue weighted by atomic mass is 79.9. The second-order valence-electron chi connectivity index (χ2n) is 6.76. The monoisotopic (exact) mass is 479 g/mol. The Labute approximate surface area is 189 Å². The van der Waals surface area contributed by atoms with Gasteiger partial charge in [-0.05, 0) is 42.8 Å². The number of benzene rings is 3. The molecule has 7 heteroatoms. The molecule has 0 atom stereocenters.